The summed E-state index contributed by atoms with van der Waals surface area (Å²) in [4.78, 5) is 146. The Labute approximate surface area is 497 Å². The van der Waals surface area contributed by atoms with Crippen molar-refractivity contribution in [3.8, 4) is 0 Å². The molecule has 0 radical (unpaired) electrons. The van der Waals surface area contributed by atoms with E-state index in [1.54, 1.807) is 84.9 Å². The van der Waals surface area contributed by atoms with Crippen LogP contribution in [-0.4, -0.2) is 166 Å². The summed E-state index contributed by atoms with van der Waals surface area (Å²) in [5.41, 5.74) is 11.8. The first kappa shape index (κ1) is 70.1. The van der Waals surface area contributed by atoms with Crippen molar-refractivity contribution in [2.45, 2.75) is 148 Å². The Balaban J connectivity index is 2.30. The van der Waals surface area contributed by atoms with Crippen LogP contribution in [0.2, 0.25) is 0 Å². The molecule has 28 heteroatoms. The molecular formula is C55H84IN13O14. The third kappa shape index (κ3) is 22.8. The van der Waals surface area contributed by atoms with Crippen molar-refractivity contribution in [3.63, 3.8) is 0 Å². The highest BCUT2D eigenvalue weighted by molar-refractivity contribution is 14.1. The van der Waals surface area contributed by atoms with Gasteiger partial charge < -0.3 is 84.7 Å². The zero-order chi connectivity index (χ0) is 61.9. The van der Waals surface area contributed by atoms with Gasteiger partial charge in [-0.3, -0.25) is 48.1 Å². The van der Waals surface area contributed by atoms with Crippen molar-refractivity contribution in [1.82, 2.24) is 53.2 Å². The number of nitrogens with zero attached hydrogens (tertiary/aromatic N) is 1. The van der Waals surface area contributed by atoms with E-state index in [4.69, 9.17) is 16.2 Å². The number of hydrogen-bond acceptors (Lipinski definition) is 15. The maximum Gasteiger partial charge on any atom is 0.408 e. The van der Waals surface area contributed by atoms with E-state index in [-0.39, 0.29) is 49.9 Å². The molecule has 2 aromatic rings. The van der Waals surface area contributed by atoms with Gasteiger partial charge in [-0.1, -0.05) is 145 Å². The summed E-state index contributed by atoms with van der Waals surface area (Å²) in [6.45, 7) is 8.63. The van der Waals surface area contributed by atoms with E-state index in [0.717, 1.165) is 0 Å². The second kappa shape index (κ2) is 35.7. The highest BCUT2D eigenvalue weighted by Gasteiger charge is 2.41. The minimum Gasteiger partial charge on any atom is -0.445 e. The smallest absolute Gasteiger partial charge is 0.408 e. The quantitative estimate of drug-likeness (QED) is 0.0244. The molecule has 2 unspecified atom stereocenters. The predicted octanol–water partition coefficient (Wildman–Crippen LogP) is -1.73. The monoisotopic (exact) mass is 1280 g/mol. The van der Waals surface area contributed by atoms with Crippen LogP contribution in [-0.2, 0) is 54.5 Å². The number of aliphatic hydroxyl groups excluding tert-OH is 3. The first-order valence-electron chi connectivity index (χ1n) is 27.6. The molecule has 17 N–H and O–H groups in total. The zero-order valence-corrected chi connectivity index (χ0v) is 50.1. The summed E-state index contributed by atoms with van der Waals surface area (Å²) in [6, 6.07) is 1.51. The Hall–Kier alpha value is -7.18. The molecule has 0 bridgehead atoms. The molecule has 1 aliphatic rings. The van der Waals surface area contributed by atoms with E-state index >= 15 is 0 Å². The third-order valence-electron chi connectivity index (χ3n) is 13.7. The number of alkyl carbamates (subject to hydrolysis) is 1. The number of ether oxygens (including phenoxy) is 1. The van der Waals surface area contributed by atoms with Gasteiger partial charge in [-0.15, -0.1) is 0 Å². The minimum atomic E-state index is -1.95. The normalized spacial score (nSPS) is 24.5. The Bertz CT molecular complexity index is 2500. The standard InChI is InChI=1S/C55H84IN13O14/c1-8-31(7)40-51(79)67-42(33(9-2)24-56)50(78)60-25-39(72)61-37(26-70)48(76)64-38(27-71)49(77)66-41(34-19-14-11-15-20-34)43(69-55(82)83-28-32-17-12-10-13-18-32)52(80)68-44(45(73)30(5)6)53(81)63-36(23-29(3)4)47(75)62-35(46(74)65-40)21-16-22-59-54(57)58/h10-15,17-20,29-31,33,35-38,40-45,70-71,73H,8-9,16,21-28H2,1-7H3,(H,60,78)(H,61,72)(H,62,75)(H,63,81)(H,64,76)(H,65,74)(H,66,77)(H,67,79)(H,68,80)(H,69,82)(H4,57,58,59)/t31-,33?,35+,36-,37-,38?,40-,41+,42-,43-,44-,45+/m0/s1. The molecule has 0 aromatic heterocycles. The average Bonchev–Trinajstić information content (AvgIpc) is 3.66. The highest BCUT2D eigenvalue weighted by atomic mass is 127. The molecule has 0 saturated carbocycles. The lowest BCUT2D eigenvalue weighted by Gasteiger charge is -2.33. The van der Waals surface area contributed by atoms with E-state index in [0.29, 0.717) is 22.8 Å². The summed E-state index contributed by atoms with van der Waals surface area (Å²) < 4.78 is 5.83. The van der Waals surface area contributed by atoms with Crippen LogP contribution < -0.4 is 64.6 Å². The van der Waals surface area contributed by atoms with Gasteiger partial charge in [0.1, 0.15) is 54.9 Å². The van der Waals surface area contributed by atoms with Crippen LogP contribution in [0.3, 0.4) is 0 Å². The summed E-state index contributed by atoms with van der Waals surface area (Å²) in [6.07, 6.45) is -2.22. The van der Waals surface area contributed by atoms with Gasteiger partial charge in [-0.25, -0.2) is 4.79 Å². The highest BCUT2D eigenvalue weighted by Crippen LogP contribution is 2.21. The second-order valence-electron chi connectivity index (χ2n) is 20.9. The molecule has 2 aromatic carbocycles. The Morgan fingerprint density at radius 3 is 1.76 bits per heavy atom. The number of aliphatic hydroxyl groups is 3. The van der Waals surface area contributed by atoms with Crippen LogP contribution in [0.4, 0.5) is 4.79 Å². The fourth-order valence-electron chi connectivity index (χ4n) is 8.62. The van der Waals surface area contributed by atoms with Crippen molar-refractivity contribution in [2.24, 2.45) is 40.1 Å². The molecule has 1 fully saturated rings. The van der Waals surface area contributed by atoms with E-state index in [2.05, 4.69) is 58.2 Å². The predicted molar refractivity (Wildman–Crippen MR) is 314 cm³/mol. The van der Waals surface area contributed by atoms with Gasteiger partial charge in [0, 0.05) is 11.0 Å². The van der Waals surface area contributed by atoms with Gasteiger partial charge in [0.15, 0.2) is 5.96 Å². The summed E-state index contributed by atoms with van der Waals surface area (Å²) in [5, 5.41) is 57.9. The molecule has 83 heavy (non-hydrogen) atoms. The van der Waals surface area contributed by atoms with E-state index in [1.807, 2.05) is 22.6 Å². The van der Waals surface area contributed by atoms with Crippen LogP contribution in [0.25, 0.3) is 0 Å². The number of nitrogens with one attached hydrogen (secondary N) is 10. The van der Waals surface area contributed by atoms with Gasteiger partial charge in [0.2, 0.25) is 53.2 Å². The number of guanidine groups is 1. The maximum atomic E-state index is 15.0. The molecule has 0 spiro atoms. The lowest BCUT2D eigenvalue weighted by Crippen LogP contribution is -2.64. The second-order valence-corrected chi connectivity index (χ2v) is 21.8. The molecule has 1 heterocycles. The number of amides is 10. The molecule has 1 aliphatic heterocycles. The van der Waals surface area contributed by atoms with Gasteiger partial charge >= 0.3 is 6.09 Å². The van der Waals surface area contributed by atoms with Crippen molar-refractivity contribution < 1.29 is 68.0 Å². The van der Waals surface area contributed by atoms with Gasteiger partial charge in [-0.2, -0.15) is 0 Å². The fourth-order valence-corrected chi connectivity index (χ4v) is 9.75. The number of hydrogen-bond donors (Lipinski definition) is 15. The molecule has 3 rings (SSSR count). The molecule has 27 nitrogen and oxygen atoms in total. The number of aliphatic imine (C=N–C) groups is 1. The number of carbonyl (C=O) groups excluding carboxylic acids is 10. The van der Waals surface area contributed by atoms with Crippen LogP contribution in [0.15, 0.2) is 65.7 Å². The largest absolute Gasteiger partial charge is 0.445 e. The Morgan fingerprint density at radius 2 is 1.19 bits per heavy atom. The molecule has 12 atom stereocenters. The van der Waals surface area contributed by atoms with Crippen LogP contribution in [0.1, 0.15) is 97.7 Å². The number of alkyl halides is 1. The SMILES string of the molecule is CCC(CI)[C@@H]1NC(=O)[C@H]([C@@H](C)CC)NC(=O)[C@@H](CCCN=C(N)N)NC(=O)[C@H](CC(C)C)NC(=O)[C@H]([C@H](O)C(C)C)NC(=O)[C@@H](NC(=O)OCc2ccccc2)[C@@H](c2ccccc2)NC(=O)C(CO)NC(=O)[C@H](CO)NC(=O)CNC1=O. The van der Waals surface area contributed by atoms with Crippen molar-refractivity contribution in [2.75, 3.05) is 30.7 Å². The fraction of sp³-hybridized carbons (Fsp3) is 0.582. The Morgan fingerprint density at radius 1 is 0.663 bits per heavy atom. The van der Waals surface area contributed by atoms with Crippen molar-refractivity contribution in [1.29, 1.82) is 0 Å². The lowest BCUT2D eigenvalue weighted by atomic mass is 9.94. The topological polar surface area (TPSA) is 425 Å². The van der Waals surface area contributed by atoms with Crippen LogP contribution in [0.5, 0.6) is 0 Å². The third-order valence-corrected chi connectivity index (χ3v) is 14.9. The number of halogens is 1. The molecule has 460 valence electrons. The number of rotatable bonds is 19. The number of benzene rings is 2. The summed E-state index contributed by atoms with van der Waals surface area (Å²) in [7, 11) is 0. The number of nitrogens with two attached hydrogens (primary N) is 2. The molecule has 0 aliphatic carbocycles. The van der Waals surface area contributed by atoms with Gasteiger partial charge in [-0.05, 0) is 54.1 Å². The van der Waals surface area contributed by atoms with E-state index in [1.165, 1.54) is 24.3 Å². The van der Waals surface area contributed by atoms with Gasteiger partial charge in [0.05, 0.1) is 31.9 Å². The first-order valence-corrected chi connectivity index (χ1v) is 29.1. The minimum absolute atomic E-state index is 0.0205. The van der Waals surface area contributed by atoms with Gasteiger partial charge in [0.25, 0.3) is 0 Å². The summed E-state index contributed by atoms with van der Waals surface area (Å²) in [5.74, 6) is -11.3. The maximum absolute atomic E-state index is 15.0. The average molecular weight is 1280 g/mol. The first-order chi connectivity index (χ1) is 39.4. The van der Waals surface area contributed by atoms with Crippen molar-refractivity contribution >= 4 is 87.8 Å². The van der Waals surface area contributed by atoms with E-state index < -0.39 is 157 Å². The summed E-state index contributed by atoms with van der Waals surface area (Å²) >= 11 is 2.04. The lowest BCUT2D eigenvalue weighted by molar-refractivity contribution is -0.138. The molecule has 1 saturated heterocycles. The Kier molecular flexibility index (Phi) is 30.2. The molecular weight excluding hydrogens is 1190 g/mol. The number of carbonyl (C=O) groups is 10. The van der Waals surface area contributed by atoms with Crippen molar-refractivity contribution in [3.05, 3.63) is 71.8 Å². The zero-order valence-electron chi connectivity index (χ0n) is 47.9. The van der Waals surface area contributed by atoms with Crippen LogP contribution in [0, 0.1) is 23.7 Å². The molecule has 10 amide bonds. The van der Waals surface area contributed by atoms with E-state index in [9.17, 15) is 63.3 Å². The van der Waals surface area contributed by atoms with Crippen LogP contribution >= 0.6 is 22.6 Å².